The van der Waals surface area contributed by atoms with Gasteiger partial charge in [0.15, 0.2) is 0 Å². The van der Waals surface area contributed by atoms with Gasteiger partial charge in [0.1, 0.15) is 5.75 Å². The second-order valence-electron chi connectivity index (χ2n) is 6.66. The van der Waals surface area contributed by atoms with Crippen LogP contribution in [0.2, 0.25) is 0 Å². The number of aromatic nitrogens is 1. The summed E-state index contributed by atoms with van der Waals surface area (Å²) in [5.41, 5.74) is 1.86. The quantitative estimate of drug-likeness (QED) is 0.704. The molecule has 0 aliphatic carbocycles. The zero-order chi connectivity index (χ0) is 19.9. The molecule has 1 saturated heterocycles. The van der Waals surface area contributed by atoms with Crippen LogP contribution in [0.5, 0.6) is 5.75 Å². The summed E-state index contributed by atoms with van der Waals surface area (Å²) in [6, 6.07) is 7.32. The van der Waals surface area contributed by atoms with Gasteiger partial charge in [-0.25, -0.2) is 4.98 Å². The first-order chi connectivity index (χ1) is 13.6. The number of nitrogens with one attached hydrogen (secondary N) is 2. The van der Waals surface area contributed by atoms with E-state index >= 15 is 0 Å². The van der Waals surface area contributed by atoms with E-state index in [2.05, 4.69) is 15.6 Å². The smallest absolute Gasteiger partial charge is 0.237 e. The van der Waals surface area contributed by atoms with Crippen LogP contribution in [0.3, 0.4) is 0 Å². The zero-order valence-electron chi connectivity index (χ0n) is 16.2. The van der Waals surface area contributed by atoms with Crippen molar-refractivity contribution in [2.24, 2.45) is 0 Å². The number of amides is 2. The summed E-state index contributed by atoms with van der Waals surface area (Å²) in [6.45, 7) is 6.67. The van der Waals surface area contributed by atoms with Crippen LogP contribution >= 0.6 is 11.3 Å². The second-order valence-corrected chi connectivity index (χ2v) is 7.72. The van der Waals surface area contributed by atoms with Gasteiger partial charge in [-0.3, -0.25) is 14.5 Å². The normalized spacial score (nSPS) is 17.2. The topological polar surface area (TPSA) is 83.6 Å². The molecule has 2 N–H and O–H groups in total. The van der Waals surface area contributed by atoms with Gasteiger partial charge in [0.05, 0.1) is 36.3 Å². The molecule has 1 aromatic heterocycles. The maximum atomic E-state index is 12.4. The number of aryl methyl sites for hydroxylation is 1. The fourth-order valence-corrected chi connectivity index (χ4v) is 3.86. The molecule has 1 unspecified atom stereocenters. The van der Waals surface area contributed by atoms with Gasteiger partial charge in [0.25, 0.3) is 0 Å². The van der Waals surface area contributed by atoms with Crippen molar-refractivity contribution in [2.75, 3.05) is 19.7 Å². The van der Waals surface area contributed by atoms with E-state index in [1.54, 1.807) is 11.3 Å². The molecule has 0 radical (unpaired) electrons. The number of piperazine rings is 1. The van der Waals surface area contributed by atoms with Gasteiger partial charge in [0, 0.05) is 30.6 Å². The average Bonchev–Trinajstić information content (AvgIpc) is 3.10. The second kappa shape index (κ2) is 9.66. The third-order valence-corrected chi connectivity index (χ3v) is 5.42. The Morgan fingerprint density at radius 3 is 3.00 bits per heavy atom. The molecule has 1 fully saturated rings. The number of hydrogen-bond acceptors (Lipinski definition) is 6. The lowest BCUT2D eigenvalue weighted by Gasteiger charge is -2.35. The largest absolute Gasteiger partial charge is 0.494 e. The molecule has 1 aliphatic rings. The van der Waals surface area contributed by atoms with E-state index in [9.17, 15) is 9.59 Å². The molecule has 2 aromatic rings. The van der Waals surface area contributed by atoms with Crippen LogP contribution in [-0.4, -0.2) is 47.4 Å². The Balaban J connectivity index is 1.63. The van der Waals surface area contributed by atoms with E-state index in [1.807, 2.05) is 48.4 Å². The van der Waals surface area contributed by atoms with E-state index in [1.165, 1.54) is 0 Å². The third kappa shape index (κ3) is 5.30. The van der Waals surface area contributed by atoms with Gasteiger partial charge in [-0.15, -0.1) is 11.3 Å². The highest BCUT2D eigenvalue weighted by atomic mass is 32.1. The van der Waals surface area contributed by atoms with Crippen molar-refractivity contribution in [2.45, 2.75) is 39.4 Å². The molecule has 1 atom stereocenters. The molecule has 3 rings (SSSR count). The summed E-state index contributed by atoms with van der Waals surface area (Å²) in [5, 5.41) is 8.64. The number of thiazole rings is 1. The number of hydrogen-bond donors (Lipinski definition) is 2. The monoisotopic (exact) mass is 402 g/mol. The fraction of sp³-hybridized carbons (Fsp3) is 0.450. The molecular formula is C20H26N4O3S. The Morgan fingerprint density at radius 1 is 1.43 bits per heavy atom. The highest BCUT2D eigenvalue weighted by Crippen LogP contribution is 2.22. The molecule has 2 amide bonds. The van der Waals surface area contributed by atoms with Crippen molar-refractivity contribution in [3.05, 3.63) is 45.9 Å². The Morgan fingerprint density at radius 2 is 2.25 bits per heavy atom. The van der Waals surface area contributed by atoms with Crippen LogP contribution in [0.25, 0.3) is 0 Å². The molecule has 2 heterocycles. The minimum Gasteiger partial charge on any atom is -0.494 e. The first-order valence-electron chi connectivity index (χ1n) is 9.47. The van der Waals surface area contributed by atoms with Gasteiger partial charge in [-0.05, 0) is 19.9 Å². The van der Waals surface area contributed by atoms with E-state index in [0.29, 0.717) is 32.8 Å². The number of nitrogens with zero attached hydrogens (tertiary/aromatic N) is 2. The number of benzene rings is 1. The van der Waals surface area contributed by atoms with Gasteiger partial charge in [-0.2, -0.15) is 0 Å². The van der Waals surface area contributed by atoms with Crippen LogP contribution in [0.1, 0.15) is 29.6 Å². The molecule has 0 spiro atoms. The van der Waals surface area contributed by atoms with Gasteiger partial charge in [0.2, 0.25) is 11.8 Å². The summed E-state index contributed by atoms with van der Waals surface area (Å²) in [6.07, 6.45) is 0.117. The lowest BCUT2D eigenvalue weighted by Crippen LogP contribution is -2.56. The van der Waals surface area contributed by atoms with Crippen LogP contribution in [-0.2, 0) is 22.7 Å². The predicted octanol–water partition coefficient (Wildman–Crippen LogP) is 1.86. The van der Waals surface area contributed by atoms with E-state index < -0.39 is 6.04 Å². The first-order valence-corrected chi connectivity index (χ1v) is 10.3. The number of ether oxygens (including phenoxy) is 1. The van der Waals surface area contributed by atoms with Crippen LogP contribution in [0.15, 0.2) is 29.6 Å². The lowest BCUT2D eigenvalue weighted by molar-refractivity contribution is -0.134. The summed E-state index contributed by atoms with van der Waals surface area (Å²) in [7, 11) is 0. The van der Waals surface area contributed by atoms with E-state index in [4.69, 9.17) is 4.74 Å². The Kier molecular flexibility index (Phi) is 7.00. The van der Waals surface area contributed by atoms with Gasteiger partial charge < -0.3 is 15.4 Å². The van der Waals surface area contributed by atoms with Gasteiger partial charge >= 0.3 is 0 Å². The Hall–Kier alpha value is -2.45. The molecule has 1 aliphatic heterocycles. The summed E-state index contributed by atoms with van der Waals surface area (Å²) in [4.78, 5) is 31.3. The highest BCUT2D eigenvalue weighted by Gasteiger charge is 2.32. The van der Waals surface area contributed by atoms with Crippen molar-refractivity contribution in [3.8, 4) is 5.75 Å². The molecule has 0 bridgehead atoms. The summed E-state index contributed by atoms with van der Waals surface area (Å²) in [5.74, 6) is 0.550. The maximum absolute atomic E-state index is 12.4. The Bertz CT molecular complexity index is 823. The summed E-state index contributed by atoms with van der Waals surface area (Å²) >= 11 is 1.55. The van der Waals surface area contributed by atoms with Crippen LogP contribution < -0.4 is 15.4 Å². The van der Waals surface area contributed by atoms with Crippen LogP contribution in [0, 0.1) is 6.92 Å². The number of carbonyl (C=O) groups is 2. The molecule has 7 nitrogen and oxygen atoms in total. The first kappa shape index (κ1) is 20.3. The fourth-order valence-electron chi connectivity index (χ4n) is 3.25. The van der Waals surface area contributed by atoms with Gasteiger partial charge in [-0.1, -0.05) is 18.2 Å². The van der Waals surface area contributed by atoms with Crippen LogP contribution in [0.4, 0.5) is 0 Å². The zero-order valence-corrected chi connectivity index (χ0v) is 17.1. The van der Waals surface area contributed by atoms with Crippen molar-refractivity contribution in [1.82, 2.24) is 20.5 Å². The third-order valence-electron chi connectivity index (χ3n) is 4.60. The molecule has 28 heavy (non-hydrogen) atoms. The maximum Gasteiger partial charge on any atom is 0.237 e. The van der Waals surface area contributed by atoms with E-state index in [-0.39, 0.29) is 18.2 Å². The standard InChI is InChI=1S/C20H26N4O3S/c1-3-27-18-7-5-4-6-15(18)12-24-9-8-21-20(26)17(24)10-19(25)22-11-16-13-28-14(2)23-16/h4-7,13,17H,3,8-12H2,1-2H3,(H,21,26)(H,22,25). The number of carbonyl (C=O) groups excluding carboxylic acids is 2. The SMILES string of the molecule is CCOc1ccccc1CN1CCNC(=O)C1CC(=O)NCc1csc(C)n1. The lowest BCUT2D eigenvalue weighted by atomic mass is 10.1. The molecular weight excluding hydrogens is 376 g/mol. The highest BCUT2D eigenvalue weighted by molar-refractivity contribution is 7.09. The Labute approximate surface area is 169 Å². The molecule has 0 saturated carbocycles. The van der Waals surface area contributed by atoms with Crippen molar-refractivity contribution >= 4 is 23.2 Å². The van der Waals surface area contributed by atoms with E-state index in [0.717, 1.165) is 22.0 Å². The minimum atomic E-state index is -0.499. The van der Waals surface area contributed by atoms with Crippen molar-refractivity contribution < 1.29 is 14.3 Å². The predicted molar refractivity (Wildman–Crippen MR) is 108 cm³/mol. The molecule has 150 valence electrons. The van der Waals surface area contributed by atoms with Crippen molar-refractivity contribution in [3.63, 3.8) is 0 Å². The average molecular weight is 403 g/mol. The summed E-state index contributed by atoms with van der Waals surface area (Å²) < 4.78 is 5.70. The minimum absolute atomic E-state index is 0.111. The molecule has 8 heteroatoms. The number of para-hydroxylation sites is 1. The molecule has 1 aromatic carbocycles. The van der Waals surface area contributed by atoms with Crippen molar-refractivity contribution in [1.29, 1.82) is 0 Å². The number of rotatable bonds is 8.